The summed E-state index contributed by atoms with van der Waals surface area (Å²) in [6, 6.07) is 6.54. The summed E-state index contributed by atoms with van der Waals surface area (Å²) in [5, 5.41) is 17.3. The van der Waals surface area contributed by atoms with Crippen LogP contribution in [0.2, 0.25) is 5.02 Å². The summed E-state index contributed by atoms with van der Waals surface area (Å²) >= 11 is 5.78. The number of hydrogen-bond donors (Lipinski definition) is 4. The average Bonchev–Trinajstić information content (AvgIpc) is 2.55. The van der Waals surface area contributed by atoms with Gasteiger partial charge in [0, 0.05) is 18.1 Å². The topological polar surface area (TPSA) is 108 Å². The number of carbonyl (C=O) groups is 3. The van der Waals surface area contributed by atoms with Crippen molar-refractivity contribution in [1.29, 1.82) is 0 Å². The molecule has 138 valence electrons. The summed E-state index contributed by atoms with van der Waals surface area (Å²) in [5.74, 6) is -1.79. The molecule has 1 unspecified atom stereocenters. The van der Waals surface area contributed by atoms with E-state index in [-0.39, 0.29) is 19.0 Å². The Labute approximate surface area is 152 Å². The maximum absolute atomic E-state index is 11.7. The third kappa shape index (κ3) is 8.95. The van der Waals surface area contributed by atoms with Crippen LogP contribution in [0.3, 0.4) is 0 Å². The Balaban J connectivity index is 2.27. The largest absolute Gasteiger partial charge is 0.481 e. The van der Waals surface area contributed by atoms with E-state index in [0.717, 1.165) is 5.56 Å². The Hall–Kier alpha value is -2.28. The Morgan fingerprint density at radius 1 is 1.08 bits per heavy atom. The zero-order valence-electron chi connectivity index (χ0n) is 14.3. The van der Waals surface area contributed by atoms with E-state index in [2.05, 4.69) is 16.0 Å². The van der Waals surface area contributed by atoms with Gasteiger partial charge in [0.25, 0.3) is 0 Å². The van der Waals surface area contributed by atoms with Crippen LogP contribution < -0.4 is 16.0 Å². The molecule has 0 aliphatic carbocycles. The van der Waals surface area contributed by atoms with E-state index in [1.807, 2.05) is 13.8 Å². The van der Waals surface area contributed by atoms with Crippen LogP contribution in [0.25, 0.3) is 0 Å². The number of carboxylic acids is 1. The van der Waals surface area contributed by atoms with Crippen LogP contribution >= 0.6 is 11.6 Å². The smallest absolute Gasteiger partial charge is 0.315 e. The van der Waals surface area contributed by atoms with Crippen LogP contribution in [0, 0.1) is 11.8 Å². The Kier molecular flexibility index (Phi) is 8.77. The number of nitrogens with one attached hydrogen (secondary N) is 3. The predicted molar refractivity (Wildman–Crippen MR) is 95.3 cm³/mol. The number of amides is 3. The van der Waals surface area contributed by atoms with Crippen molar-refractivity contribution in [3.05, 3.63) is 34.9 Å². The monoisotopic (exact) mass is 369 g/mol. The van der Waals surface area contributed by atoms with Gasteiger partial charge in [0.05, 0.1) is 12.5 Å². The maximum atomic E-state index is 11.7. The van der Waals surface area contributed by atoms with Crippen molar-refractivity contribution >= 4 is 29.5 Å². The third-order valence-electron chi connectivity index (χ3n) is 3.43. The fourth-order valence-corrected chi connectivity index (χ4v) is 2.27. The second-order valence-corrected chi connectivity index (χ2v) is 6.57. The SMILES string of the molecule is CC(C)CC(CNC(=O)CNC(=O)NCc1ccc(Cl)cc1)C(=O)O. The van der Waals surface area contributed by atoms with Crippen molar-refractivity contribution in [1.82, 2.24) is 16.0 Å². The molecule has 0 aliphatic heterocycles. The molecule has 7 nitrogen and oxygen atoms in total. The molecular weight excluding hydrogens is 346 g/mol. The molecular formula is C17H24ClN3O4. The third-order valence-corrected chi connectivity index (χ3v) is 3.68. The van der Waals surface area contributed by atoms with Gasteiger partial charge in [-0.05, 0) is 30.0 Å². The number of urea groups is 1. The molecule has 0 heterocycles. The second kappa shape index (κ2) is 10.6. The molecule has 1 aromatic rings. The molecule has 1 rings (SSSR count). The summed E-state index contributed by atoms with van der Waals surface area (Å²) in [6.45, 7) is 3.97. The minimum absolute atomic E-state index is 0.0421. The highest BCUT2D eigenvalue weighted by atomic mass is 35.5. The van der Waals surface area contributed by atoms with E-state index in [4.69, 9.17) is 16.7 Å². The minimum atomic E-state index is -0.942. The normalized spacial score (nSPS) is 11.7. The standard InChI is InChI=1S/C17H24ClN3O4/c1-11(2)7-13(16(23)24)9-19-15(22)10-21-17(25)20-8-12-3-5-14(18)6-4-12/h3-6,11,13H,7-10H2,1-2H3,(H,19,22)(H,23,24)(H2,20,21,25). The molecule has 25 heavy (non-hydrogen) atoms. The first-order valence-electron chi connectivity index (χ1n) is 8.03. The molecule has 1 atom stereocenters. The first kappa shape index (κ1) is 20.8. The number of benzene rings is 1. The van der Waals surface area contributed by atoms with Crippen LogP contribution in [0.4, 0.5) is 4.79 Å². The van der Waals surface area contributed by atoms with E-state index < -0.39 is 23.8 Å². The lowest BCUT2D eigenvalue weighted by Gasteiger charge is -2.15. The van der Waals surface area contributed by atoms with Crippen LogP contribution in [0.5, 0.6) is 0 Å². The predicted octanol–water partition coefficient (Wildman–Crippen LogP) is 2.00. The minimum Gasteiger partial charge on any atom is -0.481 e. The van der Waals surface area contributed by atoms with Gasteiger partial charge in [0.2, 0.25) is 5.91 Å². The molecule has 0 saturated carbocycles. The van der Waals surface area contributed by atoms with Crippen molar-refractivity contribution < 1.29 is 19.5 Å². The molecule has 8 heteroatoms. The van der Waals surface area contributed by atoms with Crippen LogP contribution in [-0.4, -0.2) is 36.1 Å². The molecule has 0 saturated heterocycles. The Morgan fingerprint density at radius 3 is 2.28 bits per heavy atom. The number of aliphatic carboxylic acids is 1. The van der Waals surface area contributed by atoms with Gasteiger partial charge in [-0.15, -0.1) is 0 Å². The fourth-order valence-electron chi connectivity index (χ4n) is 2.15. The van der Waals surface area contributed by atoms with E-state index in [1.54, 1.807) is 24.3 Å². The summed E-state index contributed by atoms with van der Waals surface area (Å²) < 4.78 is 0. The fraction of sp³-hybridized carbons (Fsp3) is 0.471. The molecule has 0 fully saturated rings. The highest BCUT2D eigenvalue weighted by Crippen LogP contribution is 2.11. The number of carboxylic acid groups (broad SMARTS) is 1. The molecule has 0 spiro atoms. The maximum Gasteiger partial charge on any atom is 0.315 e. The van der Waals surface area contributed by atoms with Gasteiger partial charge in [-0.3, -0.25) is 9.59 Å². The van der Waals surface area contributed by atoms with Gasteiger partial charge < -0.3 is 21.1 Å². The van der Waals surface area contributed by atoms with Gasteiger partial charge in [0.1, 0.15) is 0 Å². The van der Waals surface area contributed by atoms with E-state index >= 15 is 0 Å². The van der Waals surface area contributed by atoms with Gasteiger partial charge >= 0.3 is 12.0 Å². The van der Waals surface area contributed by atoms with Gasteiger partial charge in [-0.25, -0.2) is 4.79 Å². The second-order valence-electron chi connectivity index (χ2n) is 6.13. The van der Waals surface area contributed by atoms with Crippen molar-refractivity contribution in [2.75, 3.05) is 13.1 Å². The van der Waals surface area contributed by atoms with E-state index in [1.165, 1.54) is 0 Å². The number of hydrogen-bond acceptors (Lipinski definition) is 3. The number of halogens is 1. The highest BCUT2D eigenvalue weighted by molar-refractivity contribution is 6.30. The van der Waals surface area contributed by atoms with Crippen molar-refractivity contribution in [3.63, 3.8) is 0 Å². The lowest BCUT2D eigenvalue weighted by Crippen LogP contribution is -2.43. The van der Waals surface area contributed by atoms with Gasteiger partial charge in [-0.2, -0.15) is 0 Å². The summed E-state index contributed by atoms with van der Waals surface area (Å²) in [6.07, 6.45) is 0.477. The lowest BCUT2D eigenvalue weighted by molar-refractivity contribution is -0.142. The van der Waals surface area contributed by atoms with Gasteiger partial charge in [-0.1, -0.05) is 37.6 Å². The van der Waals surface area contributed by atoms with Crippen molar-refractivity contribution in [3.8, 4) is 0 Å². The molecule has 0 aromatic heterocycles. The summed E-state index contributed by atoms with van der Waals surface area (Å²) in [5.41, 5.74) is 0.877. The molecule has 0 radical (unpaired) electrons. The van der Waals surface area contributed by atoms with Crippen LogP contribution in [0.1, 0.15) is 25.8 Å². The van der Waals surface area contributed by atoms with Crippen LogP contribution in [-0.2, 0) is 16.1 Å². The number of rotatable bonds is 9. The molecule has 3 amide bonds. The van der Waals surface area contributed by atoms with Crippen molar-refractivity contribution in [2.24, 2.45) is 11.8 Å². The number of carbonyl (C=O) groups excluding carboxylic acids is 2. The molecule has 4 N–H and O–H groups in total. The highest BCUT2D eigenvalue weighted by Gasteiger charge is 2.19. The average molecular weight is 370 g/mol. The summed E-state index contributed by atoms with van der Waals surface area (Å²) in [4.78, 5) is 34.5. The Morgan fingerprint density at radius 2 is 1.72 bits per heavy atom. The summed E-state index contributed by atoms with van der Waals surface area (Å²) in [7, 11) is 0. The first-order chi connectivity index (χ1) is 11.8. The molecule has 1 aromatic carbocycles. The lowest BCUT2D eigenvalue weighted by atomic mass is 9.97. The zero-order valence-corrected chi connectivity index (χ0v) is 15.1. The van der Waals surface area contributed by atoms with Gasteiger partial charge in [0.15, 0.2) is 0 Å². The quantitative estimate of drug-likeness (QED) is 0.534. The zero-order chi connectivity index (χ0) is 18.8. The van der Waals surface area contributed by atoms with E-state index in [9.17, 15) is 14.4 Å². The molecule has 0 aliphatic rings. The first-order valence-corrected chi connectivity index (χ1v) is 8.41. The molecule has 0 bridgehead atoms. The van der Waals surface area contributed by atoms with Crippen molar-refractivity contribution in [2.45, 2.75) is 26.8 Å². The van der Waals surface area contributed by atoms with E-state index in [0.29, 0.717) is 18.0 Å². The van der Waals surface area contributed by atoms with Crippen LogP contribution in [0.15, 0.2) is 24.3 Å². The Bertz CT molecular complexity index is 590.